The average Bonchev–Trinajstić information content (AvgIpc) is 2.73. The molecular formula is C12H12FNO5. The molecule has 1 saturated heterocycles. The number of benzene rings is 1. The molecule has 1 aromatic carbocycles. The van der Waals surface area contributed by atoms with Gasteiger partial charge in [-0.2, -0.15) is 0 Å². The molecule has 1 heterocycles. The molecular weight excluding hydrogens is 257 g/mol. The first-order valence-electron chi connectivity index (χ1n) is 5.40. The summed E-state index contributed by atoms with van der Waals surface area (Å²) in [6, 6.07) is 5.44. The molecule has 0 unspecified atom stereocenters. The SMILES string of the molecule is O=C(O)OCc1ccc(F)cc1.O=C1CCC(=O)N1. The molecule has 2 N–H and O–H groups in total. The van der Waals surface area contributed by atoms with Gasteiger partial charge in [-0.1, -0.05) is 12.1 Å². The van der Waals surface area contributed by atoms with Gasteiger partial charge in [0, 0.05) is 12.8 Å². The monoisotopic (exact) mass is 269 g/mol. The minimum Gasteiger partial charge on any atom is -0.450 e. The minimum absolute atomic E-state index is 0.0460. The molecule has 0 atom stereocenters. The van der Waals surface area contributed by atoms with Crippen molar-refractivity contribution in [1.82, 2.24) is 5.32 Å². The van der Waals surface area contributed by atoms with Crippen molar-refractivity contribution < 1.29 is 28.6 Å². The van der Waals surface area contributed by atoms with Gasteiger partial charge in [0.25, 0.3) is 0 Å². The van der Waals surface area contributed by atoms with Gasteiger partial charge in [-0.15, -0.1) is 0 Å². The fourth-order valence-corrected chi connectivity index (χ4v) is 1.23. The Morgan fingerprint density at radius 2 is 1.74 bits per heavy atom. The van der Waals surface area contributed by atoms with Gasteiger partial charge < -0.3 is 9.84 Å². The van der Waals surface area contributed by atoms with E-state index in [0.29, 0.717) is 18.4 Å². The molecule has 19 heavy (non-hydrogen) atoms. The van der Waals surface area contributed by atoms with E-state index >= 15 is 0 Å². The van der Waals surface area contributed by atoms with Crippen molar-refractivity contribution in [2.45, 2.75) is 19.4 Å². The summed E-state index contributed by atoms with van der Waals surface area (Å²) in [4.78, 5) is 30.2. The first-order chi connectivity index (χ1) is 8.97. The van der Waals surface area contributed by atoms with E-state index in [4.69, 9.17) is 5.11 Å². The normalized spacial score (nSPS) is 13.3. The van der Waals surface area contributed by atoms with Crippen molar-refractivity contribution in [3.8, 4) is 0 Å². The summed E-state index contributed by atoms with van der Waals surface area (Å²) in [7, 11) is 0. The smallest absolute Gasteiger partial charge is 0.450 e. The van der Waals surface area contributed by atoms with Crippen LogP contribution in [0.25, 0.3) is 0 Å². The number of imide groups is 1. The maximum absolute atomic E-state index is 12.3. The number of carbonyl (C=O) groups excluding carboxylic acids is 2. The van der Waals surface area contributed by atoms with E-state index in [0.717, 1.165) is 0 Å². The van der Waals surface area contributed by atoms with Gasteiger partial charge in [0.15, 0.2) is 0 Å². The van der Waals surface area contributed by atoms with Gasteiger partial charge in [0.1, 0.15) is 12.4 Å². The zero-order chi connectivity index (χ0) is 14.3. The van der Waals surface area contributed by atoms with Gasteiger partial charge in [0.2, 0.25) is 11.8 Å². The van der Waals surface area contributed by atoms with E-state index in [1.54, 1.807) is 0 Å². The molecule has 1 fully saturated rings. The summed E-state index contributed by atoms with van der Waals surface area (Å²) in [6.45, 7) is -0.0460. The van der Waals surface area contributed by atoms with Crippen molar-refractivity contribution in [2.75, 3.05) is 0 Å². The second-order valence-electron chi connectivity index (χ2n) is 3.65. The molecule has 1 aliphatic heterocycles. The number of rotatable bonds is 2. The van der Waals surface area contributed by atoms with E-state index in [9.17, 15) is 18.8 Å². The Morgan fingerprint density at radius 1 is 1.21 bits per heavy atom. The first-order valence-corrected chi connectivity index (χ1v) is 5.40. The summed E-state index contributed by atoms with van der Waals surface area (Å²) >= 11 is 0. The van der Waals surface area contributed by atoms with Gasteiger partial charge in [-0.25, -0.2) is 9.18 Å². The summed E-state index contributed by atoms with van der Waals surface area (Å²) in [5.41, 5.74) is 0.624. The Bertz CT molecular complexity index is 458. The highest BCUT2D eigenvalue weighted by Crippen LogP contribution is 2.03. The van der Waals surface area contributed by atoms with Gasteiger partial charge in [-0.3, -0.25) is 14.9 Å². The minimum atomic E-state index is -1.33. The van der Waals surface area contributed by atoms with E-state index in [1.807, 2.05) is 0 Å². The topological polar surface area (TPSA) is 92.7 Å². The molecule has 1 aromatic rings. The lowest BCUT2D eigenvalue weighted by molar-refractivity contribution is -0.124. The maximum Gasteiger partial charge on any atom is 0.506 e. The van der Waals surface area contributed by atoms with E-state index in [-0.39, 0.29) is 24.2 Å². The number of amides is 2. The van der Waals surface area contributed by atoms with Crippen LogP contribution in [0.5, 0.6) is 0 Å². The van der Waals surface area contributed by atoms with Gasteiger partial charge in [0.05, 0.1) is 0 Å². The Hall–Kier alpha value is -2.44. The maximum atomic E-state index is 12.3. The Labute approximate surface area is 108 Å². The number of carboxylic acid groups (broad SMARTS) is 1. The number of nitrogens with one attached hydrogen (secondary N) is 1. The Morgan fingerprint density at radius 3 is 2.11 bits per heavy atom. The predicted octanol–water partition coefficient (Wildman–Crippen LogP) is 1.44. The van der Waals surface area contributed by atoms with E-state index < -0.39 is 6.16 Å². The van der Waals surface area contributed by atoms with Crippen LogP contribution in [0.15, 0.2) is 24.3 Å². The van der Waals surface area contributed by atoms with Gasteiger partial charge >= 0.3 is 6.16 Å². The van der Waals surface area contributed by atoms with Crippen LogP contribution in [0.3, 0.4) is 0 Å². The highest BCUT2D eigenvalue weighted by Gasteiger charge is 2.15. The first kappa shape index (κ1) is 14.6. The molecule has 0 spiro atoms. The molecule has 0 radical (unpaired) electrons. The van der Waals surface area contributed by atoms with Crippen molar-refractivity contribution in [1.29, 1.82) is 0 Å². The fraction of sp³-hybridized carbons (Fsp3) is 0.250. The number of hydrogen-bond donors (Lipinski definition) is 2. The Kier molecular flexibility index (Phi) is 5.46. The summed E-state index contributed by atoms with van der Waals surface area (Å²) in [6.07, 6.45) is -0.586. The molecule has 6 nitrogen and oxygen atoms in total. The van der Waals surface area contributed by atoms with Crippen LogP contribution in [-0.2, 0) is 20.9 Å². The number of halogens is 1. The number of hydrogen-bond acceptors (Lipinski definition) is 4. The third-order valence-corrected chi connectivity index (χ3v) is 2.13. The van der Waals surface area contributed by atoms with Crippen LogP contribution < -0.4 is 5.32 Å². The van der Waals surface area contributed by atoms with Crippen LogP contribution in [0.4, 0.5) is 9.18 Å². The molecule has 7 heteroatoms. The predicted molar refractivity (Wildman–Crippen MR) is 61.6 cm³/mol. The van der Waals surface area contributed by atoms with Crippen molar-refractivity contribution in [3.63, 3.8) is 0 Å². The summed E-state index contributed by atoms with van der Waals surface area (Å²) in [5.74, 6) is -0.649. The van der Waals surface area contributed by atoms with Crippen LogP contribution in [0.1, 0.15) is 18.4 Å². The van der Waals surface area contributed by atoms with Crippen molar-refractivity contribution in [3.05, 3.63) is 35.6 Å². The summed E-state index contributed by atoms with van der Waals surface area (Å²) < 4.78 is 16.6. The molecule has 0 saturated carbocycles. The van der Waals surface area contributed by atoms with Crippen LogP contribution >= 0.6 is 0 Å². The lowest BCUT2D eigenvalue weighted by atomic mass is 10.2. The molecule has 0 aromatic heterocycles. The number of carbonyl (C=O) groups is 3. The Balaban J connectivity index is 0.000000218. The largest absolute Gasteiger partial charge is 0.506 e. The standard InChI is InChI=1S/C8H7FO3.C4H5NO2/c9-7-3-1-6(2-4-7)5-12-8(10)11;6-3-1-2-4(7)5-3/h1-4H,5H2,(H,10,11);1-2H2,(H,5,6,7). The van der Waals surface area contributed by atoms with Crippen molar-refractivity contribution in [2.24, 2.45) is 0 Å². The molecule has 2 rings (SSSR count). The molecule has 0 bridgehead atoms. The zero-order valence-corrected chi connectivity index (χ0v) is 9.89. The highest BCUT2D eigenvalue weighted by atomic mass is 19.1. The van der Waals surface area contributed by atoms with Gasteiger partial charge in [-0.05, 0) is 17.7 Å². The highest BCUT2D eigenvalue weighted by molar-refractivity contribution is 6.01. The van der Waals surface area contributed by atoms with Crippen LogP contribution in [0.2, 0.25) is 0 Å². The summed E-state index contributed by atoms with van der Waals surface area (Å²) in [5, 5.41) is 10.3. The number of ether oxygens (including phenoxy) is 1. The van der Waals surface area contributed by atoms with Crippen LogP contribution in [-0.4, -0.2) is 23.1 Å². The fourth-order valence-electron chi connectivity index (χ4n) is 1.23. The third kappa shape index (κ3) is 6.16. The second kappa shape index (κ2) is 7.10. The lowest BCUT2D eigenvalue weighted by Crippen LogP contribution is -2.18. The van der Waals surface area contributed by atoms with E-state index in [2.05, 4.69) is 10.1 Å². The molecule has 1 aliphatic rings. The van der Waals surface area contributed by atoms with E-state index in [1.165, 1.54) is 24.3 Å². The van der Waals surface area contributed by atoms with Crippen LogP contribution in [0, 0.1) is 5.82 Å². The molecule has 0 aliphatic carbocycles. The van der Waals surface area contributed by atoms with Crippen molar-refractivity contribution >= 4 is 18.0 Å². The molecule has 102 valence electrons. The zero-order valence-electron chi connectivity index (χ0n) is 9.89. The third-order valence-electron chi connectivity index (χ3n) is 2.13. The second-order valence-corrected chi connectivity index (χ2v) is 3.65. The molecule has 2 amide bonds. The quantitative estimate of drug-likeness (QED) is 0.626. The lowest BCUT2D eigenvalue weighted by Gasteiger charge is -1.99. The average molecular weight is 269 g/mol.